The number of piperazine rings is 1. The van der Waals surface area contributed by atoms with Gasteiger partial charge in [-0.3, -0.25) is 19.8 Å². The van der Waals surface area contributed by atoms with E-state index < -0.39 is 4.92 Å². The Labute approximate surface area is 179 Å². The second-order valence-corrected chi connectivity index (χ2v) is 7.55. The first-order valence-corrected chi connectivity index (χ1v) is 10.1. The van der Waals surface area contributed by atoms with Gasteiger partial charge in [-0.2, -0.15) is 4.98 Å². The first-order chi connectivity index (χ1) is 15.0. The van der Waals surface area contributed by atoms with Crippen molar-refractivity contribution in [1.29, 1.82) is 0 Å². The Morgan fingerprint density at radius 2 is 1.81 bits per heavy atom. The molecule has 31 heavy (non-hydrogen) atoms. The number of para-hydroxylation sites is 1. The molecule has 0 N–H and O–H groups in total. The summed E-state index contributed by atoms with van der Waals surface area (Å²) in [5, 5.41) is 15.3. The summed E-state index contributed by atoms with van der Waals surface area (Å²) in [5.41, 5.74) is 2.45. The zero-order valence-corrected chi connectivity index (χ0v) is 17.2. The molecule has 0 aliphatic carbocycles. The van der Waals surface area contributed by atoms with E-state index in [-0.39, 0.29) is 18.0 Å². The fraction of sp³-hybridized carbons (Fsp3) is 0.318. The number of hydrogen-bond donors (Lipinski definition) is 0. The van der Waals surface area contributed by atoms with Crippen LogP contribution in [-0.4, -0.2) is 56.9 Å². The quantitative estimate of drug-likeness (QED) is 0.445. The fourth-order valence-electron chi connectivity index (χ4n) is 3.71. The molecule has 0 spiro atoms. The number of carbonyl (C=O) groups is 1. The Morgan fingerprint density at radius 1 is 1.10 bits per heavy atom. The van der Waals surface area contributed by atoms with E-state index in [1.54, 1.807) is 23.1 Å². The van der Waals surface area contributed by atoms with Gasteiger partial charge in [0.15, 0.2) is 0 Å². The molecule has 160 valence electrons. The van der Waals surface area contributed by atoms with Crippen LogP contribution >= 0.6 is 0 Å². The molecular formula is C22H23N5O4. The lowest BCUT2D eigenvalue weighted by molar-refractivity contribution is -0.385. The predicted octanol–water partition coefficient (Wildman–Crippen LogP) is 2.84. The van der Waals surface area contributed by atoms with Gasteiger partial charge in [-0.1, -0.05) is 47.6 Å². The maximum atomic E-state index is 12.6. The number of nitro groups is 1. The van der Waals surface area contributed by atoms with Gasteiger partial charge in [-0.25, -0.2) is 0 Å². The maximum absolute atomic E-state index is 12.6. The average Bonchev–Trinajstić information content (AvgIpc) is 3.23. The number of hydrogen-bond acceptors (Lipinski definition) is 7. The number of amides is 1. The molecule has 0 unspecified atom stereocenters. The van der Waals surface area contributed by atoms with E-state index in [1.165, 1.54) is 6.07 Å². The van der Waals surface area contributed by atoms with E-state index in [0.29, 0.717) is 50.0 Å². The van der Waals surface area contributed by atoms with Crippen LogP contribution in [0.2, 0.25) is 0 Å². The first-order valence-electron chi connectivity index (χ1n) is 10.1. The van der Waals surface area contributed by atoms with Gasteiger partial charge < -0.3 is 9.42 Å². The Morgan fingerprint density at radius 3 is 2.55 bits per heavy atom. The average molecular weight is 421 g/mol. The molecule has 1 aliphatic heterocycles. The number of carbonyl (C=O) groups excluding carboxylic acids is 1. The topological polar surface area (TPSA) is 106 Å². The summed E-state index contributed by atoms with van der Waals surface area (Å²) in [4.78, 5) is 31.8. The summed E-state index contributed by atoms with van der Waals surface area (Å²) in [6, 6.07) is 14.3. The molecule has 2 aromatic carbocycles. The van der Waals surface area contributed by atoms with Crippen LogP contribution in [0.5, 0.6) is 0 Å². The highest BCUT2D eigenvalue weighted by Crippen LogP contribution is 2.21. The van der Waals surface area contributed by atoms with Crippen molar-refractivity contribution in [3.8, 4) is 11.4 Å². The summed E-state index contributed by atoms with van der Waals surface area (Å²) < 4.78 is 5.42. The van der Waals surface area contributed by atoms with Crippen molar-refractivity contribution in [1.82, 2.24) is 19.9 Å². The van der Waals surface area contributed by atoms with E-state index in [1.807, 2.05) is 31.2 Å². The molecule has 0 saturated carbocycles. The Kier molecular flexibility index (Phi) is 6.03. The van der Waals surface area contributed by atoms with E-state index in [9.17, 15) is 14.9 Å². The number of aryl methyl sites for hydroxylation is 1. The van der Waals surface area contributed by atoms with E-state index >= 15 is 0 Å². The minimum atomic E-state index is -0.448. The number of nitro benzene ring substituents is 1. The standard InChI is InChI=1S/C22H23N5O4/c1-16-6-2-4-8-18(16)22-23-20(31-24-22)15-25-10-12-26(13-11-25)21(28)14-17-7-3-5-9-19(17)27(29)30/h2-9H,10-15H2,1H3. The Balaban J connectivity index is 1.32. The third-order valence-electron chi connectivity index (χ3n) is 5.47. The van der Waals surface area contributed by atoms with Crippen LogP contribution < -0.4 is 0 Å². The molecular weight excluding hydrogens is 398 g/mol. The van der Waals surface area contributed by atoms with Crippen molar-refractivity contribution < 1.29 is 14.2 Å². The van der Waals surface area contributed by atoms with Gasteiger partial charge in [-0.15, -0.1) is 0 Å². The smallest absolute Gasteiger partial charge is 0.273 e. The van der Waals surface area contributed by atoms with E-state index in [0.717, 1.165) is 11.1 Å². The maximum Gasteiger partial charge on any atom is 0.273 e. The molecule has 1 amide bonds. The van der Waals surface area contributed by atoms with Gasteiger partial charge in [0.25, 0.3) is 5.69 Å². The molecule has 1 fully saturated rings. The fourth-order valence-corrected chi connectivity index (χ4v) is 3.71. The summed E-state index contributed by atoms with van der Waals surface area (Å²) in [6.07, 6.45) is 0.0284. The molecule has 1 aromatic heterocycles. The van der Waals surface area contributed by atoms with Crippen LogP contribution in [0.3, 0.4) is 0 Å². The lowest BCUT2D eigenvalue weighted by Gasteiger charge is -2.34. The van der Waals surface area contributed by atoms with E-state index in [4.69, 9.17) is 4.52 Å². The number of benzene rings is 2. The molecule has 9 nitrogen and oxygen atoms in total. The zero-order valence-electron chi connectivity index (χ0n) is 17.2. The molecule has 0 bridgehead atoms. The van der Waals surface area contributed by atoms with Crippen molar-refractivity contribution in [2.24, 2.45) is 0 Å². The highest BCUT2D eigenvalue weighted by atomic mass is 16.6. The molecule has 0 atom stereocenters. The van der Waals surface area contributed by atoms with Crippen LogP contribution in [0.4, 0.5) is 5.69 Å². The Bertz CT molecular complexity index is 1090. The SMILES string of the molecule is Cc1ccccc1-c1noc(CN2CCN(C(=O)Cc3ccccc3[N+](=O)[O-])CC2)n1. The van der Waals surface area contributed by atoms with Gasteiger partial charge >= 0.3 is 0 Å². The zero-order chi connectivity index (χ0) is 21.8. The number of nitrogens with zero attached hydrogens (tertiary/aromatic N) is 5. The van der Waals surface area contributed by atoms with Gasteiger partial charge in [-0.05, 0) is 12.5 Å². The van der Waals surface area contributed by atoms with Crippen LogP contribution in [0.15, 0.2) is 53.1 Å². The third kappa shape index (κ3) is 4.77. The van der Waals surface area contributed by atoms with Crippen molar-refractivity contribution in [3.63, 3.8) is 0 Å². The highest BCUT2D eigenvalue weighted by molar-refractivity contribution is 5.80. The van der Waals surface area contributed by atoms with Crippen molar-refractivity contribution >= 4 is 11.6 Å². The predicted molar refractivity (Wildman–Crippen MR) is 113 cm³/mol. The minimum absolute atomic E-state index is 0.0182. The largest absolute Gasteiger partial charge is 0.340 e. The molecule has 0 radical (unpaired) electrons. The van der Waals surface area contributed by atoms with Gasteiger partial charge in [0, 0.05) is 43.4 Å². The summed E-state index contributed by atoms with van der Waals surface area (Å²) in [7, 11) is 0. The monoisotopic (exact) mass is 421 g/mol. The van der Waals surface area contributed by atoms with Crippen LogP contribution in [-0.2, 0) is 17.8 Å². The molecule has 3 aromatic rings. The summed E-state index contributed by atoms with van der Waals surface area (Å²) in [6.45, 7) is 4.97. The number of rotatable bonds is 6. The van der Waals surface area contributed by atoms with Gasteiger partial charge in [0.05, 0.1) is 17.9 Å². The highest BCUT2D eigenvalue weighted by Gasteiger charge is 2.24. The summed E-state index contributed by atoms with van der Waals surface area (Å²) in [5.74, 6) is 1.01. The van der Waals surface area contributed by atoms with Crippen molar-refractivity contribution in [2.45, 2.75) is 19.9 Å². The van der Waals surface area contributed by atoms with Gasteiger partial charge in [0.2, 0.25) is 17.6 Å². The summed E-state index contributed by atoms with van der Waals surface area (Å²) >= 11 is 0. The Hall–Kier alpha value is -3.59. The molecule has 9 heteroatoms. The van der Waals surface area contributed by atoms with Gasteiger partial charge in [0.1, 0.15) is 0 Å². The second-order valence-electron chi connectivity index (χ2n) is 7.55. The third-order valence-corrected chi connectivity index (χ3v) is 5.47. The van der Waals surface area contributed by atoms with Crippen LogP contribution in [0, 0.1) is 17.0 Å². The molecule has 2 heterocycles. The van der Waals surface area contributed by atoms with Crippen LogP contribution in [0.25, 0.3) is 11.4 Å². The normalized spacial score (nSPS) is 14.5. The molecule has 4 rings (SSSR count). The lowest BCUT2D eigenvalue weighted by Crippen LogP contribution is -2.48. The molecule has 1 aliphatic rings. The first kappa shape index (κ1) is 20.7. The number of aromatic nitrogens is 2. The second kappa shape index (κ2) is 9.05. The molecule has 1 saturated heterocycles. The van der Waals surface area contributed by atoms with Crippen molar-refractivity contribution in [2.75, 3.05) is 26.2 Å². The lowest BCUT2D eigenvalue weighted by atomic mass is 10.1. The minimum Gasteiger partial charge on any atom is -0.340 e. The van der Waals surface area contributed by atoms with Crippen molar-refractivity contribution in [3.05, 3.63) is 75.7 Å². The van der Waals surface area contributed by atoms with E-state index in [2.05, 4.69) is 15.0 Å². The van der Waals surface area contributed by atoms with Crippen LogP contribution in [0.1, 0.15) is 17.0 Å².